The topological polar surface area (TPSA) is 76.7 Å². The Morgan fingerprint density at radius 2 is 1.95 bits per heavy atom. The van der Waals surface area contributed by atoms with Crippen LogP contribution in [0.15, 0.2) is 12.4 Å². The van der Waals surface area contributed by atoms with Gasteiger partial charge in [-0.2, -0.15) is 13.2 Å². The SMILES string of the molecule is CC(C)(CNc1ncnc2c(Cl)nc(N)cc12)C(F)(F)F. The van der Waals surface area contributed by atoms with E-state index in [1.54, 1.807) is 0 Å². The molecule has 0 amide bonds. The summed E-state index contributed by atoms with van der Waals surface area (Å²) in [5, 5.41) is 3.17. The quantitative estimate of drug-likeness (QED) is 0.849. The highest BCUT2D eigenvalue weighted by Crippen LogP contribution is 2.37. The second kappa shape index (κ2) is 5.18. The van der Waals surface area contributed by atoms with E-state index in [0.29, 0.717) is 10.9 Å². The van der Waals surface area contributed by atoms with Gasteiger partial charge in [0.1, 0.15) is 23.5 Å². The third-order valence-electron chi connectivity index (χ3n) is 3.06. The number of hydrogen-bond donors (Lipinski definition) is 2. The van der Waals surface area contributed by atoms with Gasteiger partial charge in [0.2, 0.25) is 0 Å². The van der Waals surface area contributed by atoms with Gasteiger partial charge in [-0.25, -0.2) is 15.0 Å². The fraction of sp³-hybridized carbons (Fsp3) is 0.417. The molecule has 2 heterocycles. The number of hydrogen-bond acceptors (Lipinski definition) is 5. The van der Waals surface area contributed by atoms with E-state index in [0.717, 1.165) is 13.8 Å². The molecule has 0 aliphatic heterocycles. The van der Waals surface area contributed by atoms with Gasteiger partial charge in [-0.05, 0) is 19.9 Å². The zero-order valence-electron chi connectivity index (χ0n) is 11.3. The summed E-state index contributed by atoms with van der Waals surface area (Å²) in [6, 6.07) is 1.46. The molecule has 3 N–H and O–H groups in total. The van der Waals surface area contributed by atoms with Crippen LogP contribution >= 0.6 is 11.6 Å². The Balaban J connectivity index is 2.36. The van der Waals surface area contributed by atoms with Crippen LogP contribution in [0.4, 0.5) is 24.8 Å². The molecule has 114 valence electrons. The van der Waals surface area contributed by atoms with Gasteiger partial charge >= 0.3 is 6.18 Å². The summed E-state index contributed by atoms with van der Waals surface area (Å²) in [7, 11) is 0. The molecule has 2 rings (SSSR count). The van der Waals surface area contributed by atoms with Gasteiger partial charge in [0.05, 0.1) is 5.41 Å². The third kappa shape index (κ3) is 3.10. The number of pyridine rings is 1. The van der Waals surface area contributed by atoms with Crippen LogP contribution < -0.4 is 11.1 Å². The molecule has 2 aromatic heterocycles. The molecule has 0 fully saturated rings. The number of rotatable bonds is 3. The van der Waals surface area contributed by atoms with Crippen molar-refractivity contribution in [2.24, 2.45) is 5.41 Å². The molecule has 0 atom stereocenters. The standard InChI is InChI=1S/C12H13ClF3N5/c1-11(2,12(14,15)16)4-18-10-6-3-7(17)21-9(13)8(6)19-5-20-10/h3,5H,4H2,1-2H3,(H2,17,21)(H,18,19,20). The molecule has 0 saturated carbocycles. The molecule has 0 unspecified atom stereocenters. The fourth-order valence-corrected chi connectivity index (χ4v) is 1.84. The Morgan fingerprint density at radius 3 is 2.57 bits per heavy atom. The lowest BCUT2D eigenvalue weighted by atomic mass is 9.93. The van der Waals surface area contributed by atoms with E-state index in [1.807, 2.05) is 0 Å². The zero-order valence-corrected chi connectivity index (χ0v) is 12.0. The van der Waals surface area contributed by atoms with Crippen molar-refractivity contribution in [2.75, 3.05) is 17.6 Å². The van der Waals surface area contributed by atoms with Crippen LogP contribution in [0.2, 0.25) is 5.15 Å². The van der Waals surface area contributed by atoms with Gasteiger partial charge in [-0.15, -0.1) is 0 Å². The van der Waals surface area contributed by atoms with Crippen LogP contribution in [-0.2, 0) is 0 Å². The van der Waals surface area contributed by atoms with Crippen LogP contribution in [0, 0.1) is 5.41 Å². The number of nitrogens with two attached hydrogens (primary N) is 1. The van der Waals surface area contributed by atoms with Crippen LogP contribution in [0.3, 0.4) is 0 Å². The highest BCUT2D eigenvalue weighted by Gasteiger charge is 2.47. The monoisotopic (exact) mass is 319 g/mol. The van der Waals surface area contributed by atoms with Gasteiger partial charge < -0.3 is 11.1 Å². The third-order valence-corrected chi connectivity index (χ3v) is 3.33. The molecule has 2 aromatic rings. The van der Waals surface area contributed by atoms with Gasteiger partial charge in [0, 0.05) is 11.9 Å². The lowest BCUT2D eigenvalue weighted by Crippen LogP contribution is -2.38. The van der Waals surface area contributed by atoms with Crippen molar-refractivity contribution in [3.63, 3.8) is 0 Å². The fourth-order valence-electron chi connectivity index (χ4n) is 1.59. The van der Waals surface area contributed by atoms with Crippen LogP contribution in [0.1, 0.15) is 13.8 Å². The van der Waals surface area contributed by atoms with Crippen molar-refractivity contribution in [1.82, 2.24) is 15.0 Å². The Morgan fingerprint density at radius 1 is 1.29 bits per heavy atom. The van der Waals surface area contributed by atoms with Crippen molar-refractivity contribution >= 4 is 34.1 Å². The molecule has 5 nitrogen and oxygen atoms in total. The lowest BCUT2D eigenvalue weighted by molar-refractivity contribution is -0.206. The van der Waals surface area contributed by atoms with E-state index >= 15 is 0 Å². The number of nitrogens with one attached hydrogen (secondary N) is 1. The maximum atomic E-state index is 12.9. The van der Waals surface area contributed by atoms with Crippen molar-refractivity contribution in [3.05, 3.63) is 17.5 Å². The molecule has 0 saturated heterocycles. The van der Waals surface area contributed by atoms with Gasteiger partial charge in [-0.3, -0.25) is 0 Å². The number of nitrogens with zero attached hydrogens (tertiary/aromatic N) is 3. The first-order valence-corrected chi connectivity index (χ1v) is 6.37. The minimum Gasteiger partial charge on any atom is -0.384 e. The first-order valence-electron chi connectivity index (χ1n) is 5.99. The molecule has 0 aliphatic rings. The Bertz CT molecular complexity index is 672. The second-order valence-electron chi connectivity index (χ2n) is 5.19. The zero-order chi connectivity index (χ0) is 15.8. The smallest absolute Gasteiger partial charge is 0.384 e. The summed E-state index contributed by atoms with van der Waals surface area (Å²) in [6.07, 6.45) is -3.13. The molecule has 0 spiro atoms. The maximum Gasteiger partial charge on any atom is 0.395 e. The number of halogens is 4. The summed E-state index contributed by atoms with van der Waals surface area (Å²) in [5.74, 6) is 0.369. The van der Waals surface area contributed by atoms with Crippen LogP contribution in [-0.4, -0.2) is 27.7 Å². The van der Waals surface area contributed by atoms with E-state index < -0.39 is 11.6 Å². The van der Waals surface area contributed by atoms with E-state index in [1.165, 1.54) is 12.4 Å². The first kappa shape index (κ1) is 15.6. The van der Waals surface area contributed by atoms with Gasteiger partial charge in [-0.1, -0.05) is 11.6 Å². The summed E-state index contributed by atoms with van der Waals surface area (Å²) < 4.78 is 38.6. The minimum absolute atomic E-state index is 0.0746. The highest BCUT2D eigenvalue weighted by molar-refractivity contribution is 6.34. The van der Waals surface area contributed by atoms with E-state index in [4.69, 9.17) is 17.3 Å². The Labute approximate surface area is 123 Å². The molecule has 21 heavy (non-hydrogen) atoms. The summed E-state index contributed by atoms with van der Waals surface area (Å²) in [6.45, 7) is 1.86. The molecule has 0 aliphatic carbocycles. The first-order chi connectivity index (χ1) is 9.62. The number of anilines is 2. The summed E-state index contributed by atoms with van der Waals surface area (Å²) in [5.41, 5.74) is 4.00. The Kier molecular flexibility index (Phi) is 3.83. The molecular weight excluding hydrogens is 307 g/mol. The predicted octanol–water partition coefficient (Wildman–Crippen LogP) is 3.26. The van der Waals surface area contributed by atoms with Crippen LogP contribution in [0.25, 0.3) is 10.9 Å². The van der Waals surface area contributed by atoms with Crippen LogP contribution in [0.5, 0.6) is 0 Å². The van der Waals surface area contributed by atoms with Crippen molar-refractivity contribution < 1.29 is 13.2 Å². The second-order valence-corrected chi connectivity index (χ2v) is 5.55. The molecule has 0 radical (unpaired) electrons. The average Bonchev–Trinajstić information content (AvgIpc) is 2.35. The van der Waals surface area contributed by atoms with Crippen molar-refractivity contribution in [2.45, 2.75) is 20.0 Å². The maximum absolute atomic E-state index is 12.9. The van der Waals surface area contributed by atoms with E-state index in [9.17, 15) is 13.2 Å². The largest absolute Gasteiger partial charge is 0.395 e. The molecule has 0 bridgehead atoms. The molecule has 0 aromatic carbocycles. The van der Waals surface area contributed by atoms with Crippen molar-refractivity contribution in [1.29, 1.82) is 0 Å². The minimum atomic E-state index is -4.33. The van der Waals surface area contributed by atoms with E-state index in [2.05, 4.69) is 20.3 Å². The average molecular weight is 320 g/mol. The van der Waals surface area contributed by atoms with Crippen molar-refractivity contribution in [3.8, 4) is 0 Å². The summed E-state index contributed by atoms with van der Waals surface area (Å²) in [4.78, 5) is 11.7. The summed E-state index contributed by atoms with van der Waals surface area (Å²) >= 11 is 5.91. The normalized spacial score (nSPS) is 12.7. The highest BCUT2D eigenvalue weighted by atomic mass is 35.5. The van der Waals surface area contributed by atoms with Gasteiger partial charge in [0.15, 0.2) is 5.15 Å². The predicted molar refractivity (Wildman–Crippen MR) is 75.1 cm³/mol. The Hall–Kier alpha value is -1.83. The molecular formula is C12H13ClF3N5. The number of fused-ring (bicyclic) bond motifs is 1. The van der Waals surface area contributed by atoms with E-state index in [-0.39, 0.29) is 23.3 Å². The molecule has 9 heteroatoms. The van der Waals surface area contributed by atoms with Gasteiger partial charge in [0.25, 0.3) is 0 Å². The number of nitrogen functional groups attached to an aromatic ring is 1. The number of aromatic nitrogens is 3. The number of alkyl halides is 3. The lowest BCUT2D eigenvalue weighted by Gasteiger charge is -2.28.